The number of esters is 1. The van der Waals surface area contributed by atoms with Crippen LogP contribution in [0.4, 0.5) is 4.39 Å². The highest BCUT2D eigenvalue weighted by Gasteiger charge is 2.29. The van der Waals surface area contributed by atoms with Gasteiger partial charge in [-0.15, -0.1) is 0 Å². The van der Waals surface area contributed by atoms with Crippen LogP contribution < -0.4 is 0 Å². The molecule has 1 N–H and O–H groups in total. The van der Waals surface area contributed by atoms with Gasteiger partial charge in [-0.05, 0) is 43.0 Å². The molecule has 1 atom stereocenters. The summed E-state index contributed by atoms with van der Waals surface area (Å²) in [4.78, 5) is 14.8. The molecule has 0 aliphatic heterocycles. The van der Waals surface area contributed by atoms with Crippen LogP contribution in [0.2, 0.25) is 0 Å². The first-order chi connectivity index (χ1) is 9.19. The van der Waals surface area contributed by atoms with Crippen molar-refractivity contribution in [2.75, 3.05) is 0 Å². The molecule has 4 heteroatoms. The number of nitrogens with one attached hydrogen (secondary N) is 1. The van der Waals surface area contributed by atoms with Crippen molar-refractivity contribution in [2.45, 2.75) is 38.7 Å². The van der Waals surface area contributed by atoms with Crippen LogP contribution in [0.1, 0.15) is 43.5 Å². The van der Waals surface area contributed by atoms with Gasteiger partial charge in [-0.1, -0.05) is 6.92 Å². The van der Waals surface area contributed by atoms with E-state index in [2.05, 4.69) is 4.98 Å². The van der Waals surface area contributed by atoms with Crippen LogP contribution in [0.15, 0.2) is 18.2 Å². The van der Waals surface area contributed by atoms with Crippen molar-refractivity contribution in [2.24, 2.45) is 0 Å². The van der Waals surface area contributed by atoms with Crippen molar-refractivity contribution in [3.05, 3.63) is 35.3 Å². The molecule has 3 nitrogen and oxygen atoms in total. The van der Waals surface area contributed by atoms with Crippen LogP contribution >= 0.6 is 0 Å². The summed E-state index contributed by atoms with van der Waals surface area (Å²) in [5, 5.41) is 0.907. The van der Waals surface area contributed by atoms with Gasteiger partial charge < -0.3 is 9.72 Å². The average Bonchev–Trinajstić information content (AvgIpc) is 2.90. The fraction of sp³-hybridized carbons (Fsp3) is 0.400. The van der Waals surface area contributed by atoms with Crippen molar-refractivity contribution < 1.29 is 13.9 Å². The molecular formula is C15H16FNO2. The van der Waals surface area contributed by atoms with Gasteiger partial charge in [-0.25, -0.2) is 4.39 Å². The number of hydrogen-bond acceptors (Lipinski definition) is 2. The Balaban J connectivity index is 1.92. The summed E-state index contributed by atoms with van der Waals surface area (Å²) in [6.07, 6.45) is 2.63. The lowest BCUT2D eigenvalue weighted by Crippen LogP contribution is -2.09. The average molecular weight is 261 g/mol. The zero-order valence-electron chi connectivity index (χ0n) is 10.8. The molecule has 1 aromatic carbocycles. The minimum atomic E-state index is -0.235. The Morgan fingerprint density at radius 1 is 1.53 bits per heavy atom. The van der Waals surface area contributed by atoms with Gasteiger partial charge in [0.05, 0.1) is 5.69 Å². The van der Waals surface area contributed by atoms with Crippen LogP contribution in [0.3, 0.4) is 0 Å². The highest BCUT2D eigenvalue weighted by molar-refractivity contribution is 5.85. The van der Waals surface area contributed by atoms with Gasteiger partial charge in [-0.3, -0.25) is 4.79 Å². The predicted octanol–water partition coefficient (Wildman–Crippen LogP) is 3.64. The van der Waals surface area contributed by atoms with E-state index in [0.29, 0.717) is 6.42 Å². The van der Waals surface area contributed by atoms with E-state index < -0.39 is 0 Å². The normalized spacial score (nSPS) is 17.7. The number of carbonyl (C=O) groups excluding carboxylic acids is 1. The number of hydrogen-bond donors (Lipinski definition) is 1. The molecular weight excluding hydrogens is 245 g/mol. The zero-order chi connectivity index (χ0) is 13.4. The molecule has 0 saturated carbocycles. The minimum absolute atomic E-state index is 0.162. The molecule has 1 heterocycles. The van der Waals surface area contributed by atoms with Crippen LogP contribution in [0.5, 0.6) is 0 Å². The third-order valence-electron chi connectivity index (χ3n) is 3.61. The molecule has 0 bridgehead atoms. The number of aryl methyl sites for hydroxylation is 1. The standard InChI is InChI=1S/C15H16FNO2/c1-2-3-14(18)19-13-7-5-10-11-8-9(16)4-6-12(11)17-15(10)13/h4,6,8,13,17H,2-3,5,7H2,1H3. The van der Waals surface area contributed by atoms with Crippen LogP contribution in [-0.2, 0) is 16.0 Å². The second-order valence-electron chi connectivity index (χ2n) is 4.97. The largest absolute Gasteiger partial charge is 0.456 e. The molecule has 0 saturated heterocycles. The Morgan fingerprint density at radius 2 is 2.37 bits per heavy atom. The van der Waals surface area contributed by atoms with Crippen molar-refractivity contribution in [1.82, 2.24) is 4.98 Å². The van der Waals surface area contributed by atoms with E-state index in [9.17, 15) is 9.18 Å². The first-order valence-electron chi connectivity index (χ1n) is 6.68. The molecule has 1 aliphatic carbocycles. The number of fused-ring (bicyclic) bond motifs is 3. The summed E-state index contributed by atoms with van der Waals surface area (Å²) < 4.78 is 18.8. The molecule has 1 aromatic heterocycles. The van der Waals surface area contributed by atoms with E-state index in [4.69, 9.17) is 4.74 Å². The SMILES string of the molecule is CCCC(=O)OC1CCc2c1[nH]c1ccc(F)cc21. The zero-order valence-corrected chi connectivity index (χ0v) is 10.8. The van der Waals surface area contributed by atoms with Crippen LogP contribution in [0.25, 0.3) is 10.9 Å². The summed E-state index contributed by atoms with van der Waals surface area (Å²) in [6.45, 7) is 1.95. The van der Waals surface area contributed by atoms with E-state index in [1.165, 1.54) is 6.07 Å². The fourth-order valence-electron chi connectivity index (χ4n) is 2.74. The van der Waals surface area contributed by atoms with E-state index in [1.54, 1.807) is 12.1 Å². The topological polar surface area (TPSA) is 42.1 Å². The van der Waals surface area contributed by atoms with Crippen molar-refractivity contribution in [1.29, 1.82) is 0 Å². The van der Waals surface area contributed by atoms with Crippen molar-refractivity contribution >= 4 is 16.9 Å². The predicted molar refractivity (Wildman–Crippen MR) is 70.3 cm³/mol. The Labute approximate surface area is 110 Å². The number of rotatable bonds is 3. The second-order valence-corrected chi connectivity index (χ2v) is 4.97. The first kappa shape index (κ1) is 12.2. The summed E-state index contributed by atoms with van der Waals surface area (Å²) in [5.74, 6) is -0.397. The molecule has 1 unspecified atom stereocenters. The first-order valence-corrected chi connectivity index (χ1v) is 6.68. The minimum Gasteiger partial charge on any atom is -0.456 e. The lowest BCUT2D eigenvalue weighted by Gasteiger charge is -2.11. The summed E-state index contributed by atoms with van der Waals surface area (Å²) in [6, 6.07) is 4.71. The maximum atomic E-state index is 13.3. The third kappa shape index (κ3) is 2.11. The molecule has 19 heavy (non-hydrogen) atoms. The Morgan fingerprint density at radius 3 is 3.16 bits per heavy atom. The molecule has 0 fully saturated rings. The molecule has 0 amide bonds. The highest BCUT2D eigenvalue weighted by atomic mass is 19.1. The van der Waals surface area contributed by atoms with Gasteiger partial charge >= 0.3 is 5.97 Å². The van der Waals surface area contributed by atoms with Crippen LogP contribution in [0, 0.1) is 5.82 Å². The van der Waals surface area contributed by atoms with Crippen molar-refractivity contribution in [3.63, 3.8) is 0 Å². The maximum Gasteiger partial charge on any atom is 0.306 e. The third-order valence-corrected chi connectivity index (χ3v) is 3.61. The number of aromatic nitrogens is 1. The highest BCUT2D eigenvalue weighted by Crippen LogP contribution is 2.38. The van der Waals surface area contributed by atoms with E-state index >= 15 is 0 Å². The van der Waals surface area contributed by atoms with Gasteiger partial charge in [0, 0.05) is 17.3 Å². The number of H-pyrrole nitrogens is 1. The van der Waals surface area contributed by atoms with Crippen molar-refractivity contribution in [3.8, 4) is 0 Å². The van der Waals surface area contributed by atoms with E-state index in [-0.39, 0.29) is 17.9 Å². The summed E-state index contributed by atoms with van der Waals surface area (Å²) in [7, 11) is 0. The maximum absolute atomic E-state index is 13.3. The van der Waals surface area contributed by atoms with Gasteiger partial charge in [0.2, 0.25) is 0 Å². The van der Waals surface area contributed by atoms with E-state index in [1.807, 2.05) is 6.92 Å². The summed E-state index contributed by atoms with van der Waals surface area (Å²) in [5.41, 5.74) is 2.93. The number of carbonyl (C=O) groups is 1. The Bertz CT molecular complexity index is 632. The fourth-order valence-corrected chi connectivity index (χ4v) is 2.74. The lowest BCUT2D eigenvalue weighted by molar-refractivity contribution is -0.149. The monoisotopic (exact) mass is 261 g/mol. The van der Waals surface area contributed by atoms with Crippen LogP contribution in [-0.4, -0.2) is 11.0 Å². The molecule has 2 aromatic rings. The Kier molecular flexibility index (Phi) is 3.01. The second kappa shape index (κ2) is 4.68. The quantitative estimate of drug-likeness (QED) is 0.857. The van der Waals surface area contributed by atoms with E-state index in [0.717, 1.165) is 41.4 Å². The van der Waals surface area contributed by atoms with Gasteiger partial charge in [-0.2, -0.15) is 0 Å². The lowest BCUT2D eigenvalue weighted by atomic mass is 10.1. The molecule has 0 spiro atoms. The summed E-state index contributed by atoms with van der Waals surface area (Å²) >= 11 is 0. The number of aromatic amines is 1. The van der Waals surface area contributed by atoms with Gasteiger partial charge in [0.15, 0.2) is 0 Å². The molecule has 100 valence electrons. The molecule has 0 radical (unpaired) electrons. The molecule has 3 rings (SSSR count). The number of ether oxygens (including phenoxy) is 1. The van der Waals surface area contributed by atoms with Gasteiger partial charge in [0.1, 0.15) is 11.9 Å². The van der Waals surface area contributed by atoms with Gasteiger partial charge in [0.25, 0.3) is 0 Å². The molecule has 1 aliphatic rings. The smallest absolute Gasteiger partial charge is 0.306 e. The Hall–Kier alpha value is -1.84. The number of benzene rings is 1. The number of halogens is 1.